The second kappa shape index (κ2) is 43.2. The number of rotatable bonds is 13. The predicted octanol–water partition coefficient (Wildman–Crippen LogP) is 10.9. The van der Waals surface area contributed by atoms with E-state index in [1.807, 2.05) is 27.7 Å². The van der Waals surface area contributed by atoms with Crippen LogP contribution in [0.3, 0.4) is 0 Å². The molecule has 1 fully saturated rings. The van der Waals surface area contributed by atoms with Gasteiger partial charge in [0.1, 0.15) is 62.7 Å². The molecule has 0 saturated carbocycles. The molecule has 0 N–H and O–H groups in total. The van der Waals surface area contributed by atoms with E-state index in [0.29, 0.717) is 86.9 Å². The van der Waals surface area contributed by atoms with E-state index in [0.717, 1.165) is 16.6 Å². The van der Waals surface area contributed by atoms with E-state index in [-0.39, 0.29) is 91.8 Å². The Bertz CT molecular complexity index is 4030. The number of hydrogen-bond acceptors (Lipinski definition) is 27. The number of halogens is 12. The molecule has 27 nitrogen and oxygen atoms in total. The topological polar surface area (TPSA) is 328 Å². The normalized spacial score (nSPS) is 16.7. The Labute approximate surface area is 703 Å². The summed E-state index contributed by atoms with van der Waals surface area (Å²) >= 11 is 15.8. The Balaban J connectivity index is 0.000000215. The number of ether oxygens (including phenoxy) is 6. The summed E-state index contributed by atoms with van der Waals surface area (Å²) in [5.41, 5.74) is 5.01. The van der Waals surface area contributed by atoms with E-state index in [1.165, 1.54) is 167 Å². The second-order valence-corrected chi connectivity index (χ2v) is 24.7. The molecule has 44 heteroatoms. The first-order valence-corrected chi connectivity index (χ1v) is 49.1. The Kier molecular flexibility index (Phi) is 36.7. The predicted molar refractivity (Wildman–Crippen MR) is 354 cm³/mol. The van der Waals surface area contributed by atoms with E-state index >= 15 is 0 Å². The fourth-order valence-corrected chi connectivity index (χ4v) is 8.70. The number of nitrogens with zero attached hydrogens (tertiary/aromatic N) is 9. The van der Waals surface area contributed by atoms with Gasteiger partial charge in [-0.25, -0.2) is 9.66 Å². The van der Waals surface area contributed by atoms with Crippen LogP contribution in [0, 0.1) is 0 Å². The van der Waals surface area contributed by atoms with Crippen molar-refractivity contribution in [3.63, 3.8) is 0 Å². The Morgan fingerprint density at radius 2 is 0.821 bits per heavy atom. The monoisotopic (exact) mass is 1690 g/mol. The van der Waals surface area contributed by atoms with Gasteiger partial charge < -0.3 is 76.0 Å². The standard InChI is InChI=1S/2C18H12F3N3O4.C15H10BrF3N2O3.C9H14BNO3.C2H4Cl2.3K.HO4P/c2*19-18(20,21)27-13-3-1-11(2-4-13)16-7-17(24-28-16)26-14-5-6-15(22-9-14)12-8-23-25-10-12;16-13-6-5-11(8-20-13)22-14-7-12(24-21-14)9-1-3-10(4-2-9)23-15(17,18)19;1-8(2)9(3,4)14-10(13-8)7-5-11-12-6-7;1-2(3)4;;;;1-4-5(2)3/h2*1-6,8-10,16H,7H2;1-6,8,12H,7H2;5-6H,1-4H3;2H,1H3;;;;1H/q;;;;;;;+1;/p-1/t2*16-;;;;;;;/m10......./s1. The van der Waals surface area contributed by atoms with Crippen molar-refractivity contribution in [3.05, 3.63) is 186 Å². The van der Waals surface area contributed by atoms with Gasteiger partial charge in [-0.05, 0) is 145 Å². The van der Waals surface area contributed by atoms with Gasteiger partial charge in [-0.1, -0.05) is 67.3 Å². The Morgan fingerprint density at radius 1 is 0.519 bits per heavy atom. The molecule has 10 heterocycles. The van der Waals surface area contributed by atoms with Crippen molar-refractivity contribution in [2.75, 3.05) is 0 Å². The third kappa shape index (κ3) is 31.2. The molecule has 1 saturated heterocycles. The van der Waals surface area contributed by atoms with Gasteiger partial charge in [0.15, 0.2) is 18.3 Å². The van der Waals surface area contributed by atoms with Crippen molar-refractivity contribution in [2.45, 2.75) is 107 Å². The molecule has 2 unspecified atom stereocenters. The number of oxime groups is 3. The number of pyridine rings is 3. The van der Waals surface area contributed by atoms with Crippen molar-refractivity contribution in [1.29, 1.82) is 0 Å². The number of alkyl halides is 11. The molecule has 9 aromatic rings. The van der Waals surface area contributed by atoms with E-state index in [4.69, 9.17) is 89.5 Å². The van der Waals surface area contributed by atoms with E-state index in [1.54, 1.807) is 68.2 Å². The molecule has 0 amide bonds. The summed E-state index contributed by atoms with van der Waals surface area (Å²) in [6.07, 6.45) is -0.705. The summed E-state index contributed by atoms with van der Waals surface area (Å²) in [6.45, 7) is 9.76. The summed E-state index contributed by atoms with van der Waals surface area (Å²) in [5, 5.41) is 31.0. The molecule has 0 bridgehead atoms. The van der Waals surface area contributed by atoms with Gasteiger partial charge in [0.25, 0.3) is 0 Å². The van der Waals surface area contributed by atoms with Gasteiger partial charge in [-0.3, -0.25) is 9.97 Å². The van der Waals surface area contributed by atoms with Crippen LogP contribution in [0.15, 0.2) is 199 Å². The summed E-state index contributed by atoms with van der Waals surface area (Å²) < 4.78 is 176. The first kappa shape index (κ1) is 90.1. The van der Waals surface area contributed by atoms with Gasteiger partial charge in [0.2, 0.25) is 17.7 Å². The van der Waals surface area contributed by atoms with Gasteiger partial charge >= 0.3 is 149 Å². The molecular formula is C62H52BBrCl2F9K3N9O18P. The second-order valence-electron chi connectivity index (χ2n) is 21.8. The van der Waals surface area contributed by atoms with Crippen LogP contribution in [-0.2, 0) is 33.1 Å². The van der Waals surface area contributed by atoms with Crippen LogP contribution in [0.25, 0.3) is 22.5 Å². The molecule has 0 spiro atoms. The quantitative estimate of drug-likeness (QED) is 0.0197. The fourth-order valence-electron chi connectivity index (χ4n) is 8.46. The first-order chi connectivity index (χ1) is 49.7. The van der Waals surface area contributed by atoms with Crippen LogP contribution in [0.5, 0.6) is 34.5 Å². The van der Waals surface area contributed by atoms with Crippen LogP contribution >= 0.6 is 47.4 Å². The third-order valence-corrected chi connectivity index (χ3v) is 14.3. The molecule has 13 rings (SSSR count). The van der Waals surface area contributed by atoms with Gasteiger partial charge in [0.05, 0.1) is 90.2 Å². The molecule has 4 atom stereocenters. The average molecular weight is 1690 g/mol. The van der Waals surface area contributed by atoms with Crippen LogP contribution < -0.4 is 95.4 Å². The van der Waals surface area contributed by atoms with Crippen molar-refractivity contribution in [3.8, 4) is 57.0 Å². The maximum atomic E-state index is 12.2. The summed E-state index contributed by atoms with van der Waals surface area (Å²) in [6, 6.07) is 26.6. The third-order valence-electron chi connectivity index (χ3n) is 13.8. The maximum absolute atomic E-state index is 12.2. The number of benzene rings is 3. The van der Waals surface area contributed by atoms with Crippen LogP contribution in [0.4, 0.5) is 39.5 Å². The Hall–Kier alpha value is -4.75. The van der Waals surface area contributed by atoms with Crippen molar-refractivity contribution in [2.24, 2.45) is 15.5 Å². The summed E-state index contributed by atoms with van der Waals surface area (Å²) in [5.74, 6) is 1.59. The van der Waals surface area contributed by atoms with Gasteiger partial charge in [-0.15, -0.1) is 62.7 Å². The zero-order chi connectivity index (χ0) is 76.5. The molecule has 0 aliphatic carbocycles. The zero-order valence-corrected chi connectivity index (χ0v) is 69.8. The minimum atomic E-state index is -4.73. The van der Waals surface area contributed by atoms with Crippen molar-refractivity contribution in [1.82, 2.24) is 30.4 Å². The van der Waals surface area contributed by atoms with E-state index in [9.17, 15) is 39.5 Å². The molecule has 106 heavy (non-hydrogen) atoms. The SMILES string of the molecule is CC(Cl)Cl.CC1(C)OB(c2cnoc2)OC1(C)C.FC(F)(F)Oc1ccc(C2CC(Oc3ccc(Br)nc3)=NO2)cc1.FC(F)(F)Oc1ccc([C@@H]2CC(Oc3ccc(-c4cnoc4)nc3)=NO2)cc1.FC(F)(F)Oc1ccc([C@H]2CC(Oc3ccc(-c4cnoc4)nc3)=NO2)cc1.O=[P+]([O-])O[O-].[K+].[K][K]. The molecule has 0 radical (unpaired) electrons. The summed E-state index contributed by atoms with van der Waals surface area (Å²) in [7, 11) is -3.52. The zero-order valence-electron chi connectivity index (χ0n) is 56.5. The average Bonchev–Trinajstić information content (AvgIpc) is 1.63. The van der Waals surface area contributed by atoms with Crippen molar-refractivity contribution < 1.29 is 176 Å². The molecule has 548 valence electrons. The van der Waals surface area contributed by atoms with Crippen molar-refractivity contribution >= 4 is 141 Å². The van der Waals surface area contributed by atoms with Gasteiger partial charge in [0, 0.05) is 5.46 Å². The van der Waals surface area contributed by atoms with Crippen LogP contribution in [0.2, 0.25) is 0 Å². The number of hydrogen-bond donors (Lipinski definition) is 0. The fraction of sp³-hybridized carbons (Fsp3) is 0.274. The molecule has 4 aliphatic heterocycles. The van der Waals surface area contributed by atoms with E-state index < -0.39 is 45.7 Å². The van der Waals surface area contributed by atoms with Gasteiger partial charge in [-0.2, -0.15) is 0 Å². The molecule has 4 aliphatic rings. The minimum absolute atomic E-state index is 0. The summed E-state index contributed by atoms with van der Waals surface area (Å²) in [4.78, 5) is 37.1. The van der Waals surface area contributed by atoms with Crippen LogP contribution in [-0.4, -0.2) is 154 Å². The van der Waals surface area contributed by atoms with E-state index in [2.05, 4.69) is 80.7 Å². The molecular weight excluding hydrogens is 1640 g/mol. The number of aromatic nitrogens is 6. The Morgan fingerprint density at radius 3 is 1.08 bits per heavy atom. The van der Waals surface area contributed by atoms with Crippen LogP contribution in [0.1, 0.15) is 88.9 Å². The molecule has 3 aromatic carbocycles. The molecule has 6 aromatic heterocycles. The first-order valence-electron chi connectivity index (χ1n) is 30.3.